The molecule has 3 aromatic carbocycles. The zero-order valence-corrected chi connectivity index (χ0v) is 25.8. The van der Waals surface area contributed by atoms with E-state index in [1.807, 2.05) is 80.6 Å². The Hall–Kier alpha value is -3.65. The van der Waals surface area contributed by atoms with Gasteiger partial charge in [0.05, 0.1) is 11.9 Å². The first-order valence-electron chi connectivity index (χ1n) is 14.9. The average molecular weight is 590 g/mol. The maximum Gasteiger partial charge on any atom is 0.244 e. The highest BCUT2D eigenvalue weighted by atomic mass is 32.2. The number of carbonyl (C=O) groups excluding carboxylic acids is 2. The van der Waals surface area contributed by atoms with Crippen molar-refractivity contribution in [3.8, 4) is 0 Å². The standard InChI is InChI=1S/C34H43N3O4S/c1-4-27-18-20-31(21-19-27)37(42(3,40)41)25-33(38)36(24-29-15-11-12-26(2)22-29)32(23-28-13-7-5-8-14-28)34(39)35-30-16-9-6-10-17-30/h5,7-8,11-15,18-22,30,32H,4,6,9-10,16-17,23-25H2,1-3H3,(H,35,39). The minimum Gasteiger partial charge on any atom is -0.352 e. The summed E-state index contributed by atoms with van der Waals surface area (Å²) < 4.78 is 27.1. The average Bonchev–Trinajstić information content (AvgIpc) is 2.98. The third-order valence-corrected chi connectivity index (χ3v) is 9.11. The van der Waals surface area contributed by atoms with Gasteiger partial charge in [0.25, 0.3) is 0 Å². The Morgan fingerprint density at radius 3 is 2.17 bits per heavy atom. The molecule has 3 aromatic rings. The number of benzene rings is 3. The Morgan fingerprint density at radius 2 is 1.55 bits per heavy atom. The second kappa shape index (κ2) is 14.5. The van der Waals surface area contributed by atoms with E-state index in [1.165, 1.54) is 6.42 Å². The number of hydrogen-bond acceptors (Lipinski definition) is 4. The quantitative estimate of drug-likeness (QED) is 0.306. The molecule has 0 bridgehead atoms. The van der Waals surface area contributed by atoms with Gasteiger partial charge in [-0.15, -0.1) is 0 Å². The van der Waals surface area contributed by atoms with Crippen LogP contribution in [0, 0.1) is 6.92 Å². The molecule has 8 heteroatoms. The first kappa shape index (κ1) is 31.3. The fourth-order valence-electron chi connectivity index (χ4n) is 5.62. The number of rotatable bonds is 12. The van der Waals surface area contributed by atoms with E-state index in [1.54, 1.807) is 17.0 Å². The summed E-state index contributed by atoms with van der Waals surface area (Å²) in [5.41, 5.74) is 4.34. The lowest BCUT2D eigenvalue weighted by atomic mass is 9.94. The molecule has 1 aliphatic carbocycles. The number of amides is 2. The number of aryl methyl sites for hydroxylation is 2. The van der Waals surface area contributed by atoms with Gasteiger partial charge in [0.1, 0.15) is 12.6 Å². The minimum absolute atomic E-state index is 0.0741. The van der Waals surface area contributed by atoms with Crippen LogP contribution in [0.15, 0.2) is 78.9 Å². The molecule has 1 unspecified atom stereocenters. The highest BCUT2D eigenvalue weighted by Crippen LogP contribution is 2.23. The van der Waals surface area contributed by atoms with Crippen molar-refractivity contribution in [3.63, 3.8) is 0 Å². The summed E-state index contributed by atoms with van der Waals surface area (Å²) >= 11 is 0. The molecule has 0 spiro atoms. The van der Waals surface area contributed by atoms with Gasteiger partial charge in [0.15, 0.2) is 0 Å². The van der Waals surface area contributed by atoms with E-state index < -0.39 is 28.5 Å². The zero-order valence-electron chi connectivity index (χ0n) is 25.0. The molecule has 7 nitrogen and oxygen atoms in total. The van der Waals surface area contributed by atoms with Gasteiger partial charge in [-0.05, 0) is 55.0 Å². The molecule has 1 N–H and O–H groups in total. The molecule has 0 heterocycles. The Bertz CT molecular complexity index is 1440. The second-order valence-corrected chi connectivity index (χ2v) is 13.3. The van der Waals surface area contributed by atoms with Gasteiger partial charge in [-0.3, -0.25) is 13.9 Å². The molecule has 0 aromatic heterocycles. The summed E-state index contributed by atoms with van der Waals surface area (Å²) in [7, 11) is -3.79. The van der Waals surface area contributed by atoms with Crippen LogP contribution in [0.25, 0.3) is 0 Å². The third kappa shape index (κ3) is 8.68. The highest BCUT2D eigenvalue weighted by Gasteiger charge is 2.34. The van der Waals surface area contributed by atoms with Crippen LogP contribution in [0.1, 0.15) is 61.3 Å². The molecule has 4 rings (SSSR count). The Morgan fingerprint density at radius 1 is 0.881 bits per heavy atom. The van der Waals surface area contributed by atoms with Crippen molar-refractivity contribution >= 4 is 27.5 Å². The van der Waals surface area contributed by atoms with Crippen LogP contribution in [0.3, 0.4) is 0 Å². The van der Waals surface area contributed by atoms with E-state index in [-0.39, 0.29) is 18.5 Å². The maximum atomic E-state index is 14.3. The predicted octanol–water partition coefficient (Wildman–Crippen LogP) is 5.41. The number of anilines is 1. The van der Waals surface area contributed by atoms with Crippen LogP contribution in [0.4, 0.5) is 5.69 Å². The van der Waals surface area contributed by atoms with Crippen LogP contribution in [-0.4, -0.2) is 50.0 Å². The van der Waals surface area contributed by atoms with Gasteiger partial charge in [0.2, 0.25) is 21.8 Å². The van der Waals surface area contributed by atoms with Gasteiger partial charge >= 0.3 is 0 Å². The fourth-order valence-corrected chi connectivity index (χ4v) is 6.47. The largest absolute Gasteiger partial charge is 0.352 e. The Balaban J connectivity index is 1.71. The van der Waals surface area contributed by atoms with E-state index in [0.717, 1.165) is 64.9 Å². The van der Waals surface area contributed by atoms with Gasteiger partial charge in [-0.1, -0.05) is 98.5 Å². The maximum absolute atomic E-state index is 14.3. The zero-order chi connectivity index (χ0) is 30.1. The predicted molar refractivity (Wildman–Crippen MR) is 169 cm³/mol. The van der Waals surface area contributed by atoms with E-state index in [9.17, 15) is 18.0 Å². The van der Waals surface area contributed by atoms with Crippen LogP contribution < -0.4 is 9.62 Å². The normalized spacial score (nSPS) is 14.6. The molecule has 1 fully saturated rings. The highest BCUT2D eigenvalue weighted by molar-refractivity contribution is 7.92. The summed E-state index contributed by atoms with van der Waals surface area (Å²) in [4.78, 5) is 29.8. The molecular weight excluding hydrogens is 546 g/mol. The molecule has 0 aliphatic heterocycles. The van der Waals surface area contributed by atoms with Crippen LogP contribution in [0.5, 0.6) is 0 Å². The molecule has 1 saturated carbocycles. The summed E-state index contributed by atoms with van der Waals surface area (Å²) in [5.74, 6) is -0.633. The van der Waals surface area contributed by atoms with Gasteiger partial charge in [-0.2, -0.15) is 0 Å². The first-order valence-corrected chi connectivity index (χ1v) is 16.7. The van der Waals surface area contributed by atoms with Crippen molar-refractivity contribution in [2.75, 3.05) is 17.1 Å². The summed E-state index contributed by atoms with van der Waals surface area (Å²) in [6, 6.07) is 24.0. The molecule has 0 radical (unpaired) electrons. The lowest BCUT2D eigenvalue weighted by Crippen LogP contribution is -2.55. The van der Waals surface area contributed by atoms with Crippen LogP contribution in [0.2, 0.25) is 0 Å². The molecule has 42 heavy (non-hydrogen) atoms. The summed E-state index contributed by atoms with van der Waals surface area (Å²) in [6.45, 7) is 3.79. The number of nitrogens with zero attached hydrogens (tertiary/aromatic N) is 2. The van der Waals surface area contributed by atoms with Gasteiger partial charge < -0.3 is 10.2 Å². The number of hydrogen-bond donors (Lipinski definition) is 1. The van der Waals surface area contributed by atoms with Gasteiger partial charge in [0, 0.05) is 19.0 Å². The molecule has 1 atom stereocenters. The van der Waals surface area contributed by atoms with Crippen molar-refractivity contribution in [1.82, 2.24) is 10.2 Å². The fraction of sp³-hybridized carbons (Fsp3) is 0.412. The third-order valence-electron chi connectivity index (χ3n) is 7.97. The number of nitrogens with one attached hydrogen (secondary N) is 1. The van der Waals surface area contributed by atoms with Crippen molar-refractivity contribution in [2.24, 2.45) is 0 Å². The Labute approximate surface area is 251 Å². The van der Waals surface area contributed by atoms with E-state index >= 15 is 0 Å². The minimum atomic E-state index is -3.79. The summed E-state index contributed by atoms with van der Waals surface area (Å²) in [5, 5.41) is 3.23. The van der Waals surface area contributed by atoms with E-state index in [2.05, 4.69) is 5.32 Å². The first-order chi connectivity index (χ1) is 20.1. The SMILES string of the molecule is CCc1ccc(N(CC(=O)N(Cc2cccc(C)c2)C(Cc2ccccc2)C(=O)NC2CCCCC2)S(C)(=O)=O)cc1. The number of sulfonamides is 1. The smallest absolute Gasteiger partial charge is 0.244 e. The lowest BCUT2D eigenvalue weighted by molar-refractivity contribution is -0.140. The van der Waals surface area contributed by atoms with Crippen molar-refractivity contribution in [3.05, 3.63) is 101 Å². The number of carbonyl (C=O) groups is 2. The summed E-state index contributed by atoms with van der Waals surface area (Å²) in [6.07, 6.45) is 7.40. The Kier molecular flexibility index (Phi) is 10.8. The lowest BCUT2D eigenvalue weighted by Gasteiger charge is -2.35. The molecular formula is C34H43N3O4S. The molecule has 224 valence electrons. The van der Waals surface area contributed by atoms with E-state index in [0.29, 0.717) is 12.1 Å². The molecule has 1 aliphatic rings. The van der Waals surface area contributed by atoms with Gasteiger partial charge in [-0.25, -0.2) is 8.42 Å². The van der Waals surface area contributed by atoms with Crippen molar-refractivity contribution < 1.29 is 18.0 Å². The van der Waals surface area contributed by atoms with Crippen molar-refractivity contribution in [2.45, 2.75) is 77.4 Å². The molecule has 2 amide bonds. The van der Waals surface area contributed by atoms with Crippen molar-refractivity contribution in [1.29, 1.82) is 0 Å². The second-order valence-electron chi connectivity index (χ2n) is 11.3. The topological polar surface area (TPSA) is 86.8 Å². The monoisotopic (exact) mass is 589 g/mol. The van der Waals surface area contributed by atoms with Crippen LogP contribution in [-0.2, 0) is 39.0 Å². The van der Waals surface area contributed by atoms with Crippen LogP contribution >= 0.6 is 0 Å². The molecule has 0 saturated heterocycles. The van der Waals surface area contributed by atoms with E-state index in [4.69, 9.17) is 0 Å².